The Morgan fingerprint density at radius 3 is 1.86 bits per heavy atom. The van der Waals surface area contributed by atoms with Gasteiger partial charge in [0.1, 0.15) is 18.3 Å². The molecule has 116 valence electrons. The topological polar surface area (TPSA) is 72.8 Å². The van der Waals surface area contributed by atoms with Crippen molar-refractivity contribution in [3.05, 3.63) is 53.1 Å². The number of methoxy groups -OCH3 is 2. The molecule has 0 unspecified atom stereocenters. The molecule has 0 saturated heterocycles. The van der Waals surface area contributed by atoms with Gasteiger partial charge >= 0.3 is 0 Å². The maximum Gasteiger partial charge on any atom is 0.161 e. The summed E-state index contributed by atoms with van der Waals surface area (Å²) in [6.07, 6.45) is 1.50. The van der Waals surface area contributed by atoms with Gasteiger partial charge in [-0.15, -0.1) is 0 Å². The van der Waals surface area contributed by atoms with Gasteiger partial charge in [-0.2, -0.15) is 0 Å². The number of aldehydes is 2. The first-order valence-corrected chi connectivity index (χ1v) is 6.47. The SMILES string of the molecule is COc1cc(C=O)ccc1C.COc1cc(C=O)ccc1O. The molecular formula is C17H18O5. The van der Waals surface area contributed by atoms with E-state index in [1.807, 2.05) is 13.0 Å². The number of carbonyl (C=O) groups is 2. The number of phenols is 1. The minimum absolute atomic E-state index is 0.0399. The van der Waals surface area contributed by atoms with Crippen molar-refractivity contribution in [1.29, 1.82) is 0 Å². The molecule has 0 fully saturated rings. The summed E-state index contributed by atoms with van der Waals surface area (Å²) >= 11 is 0. The number of hydrogen-bond acceptors (Lipinski definition) is 5. The van der Waals surface area contributed by atoms with Crippen LogP contribution in [0.4, 0.5) is 0 Å². The van der Waals surface area contributed by atoms with Crippen LogP contribution in [0.5, 0.6) is 17.2 Å². The van der Waals surface area contributed by atoms with E-state index in [4.69, 9.17) is 14.6 Å². The van der Waals surface area contributed by atoms with Gasteiger partial charge in [-0.25, -0.2) is 0 Å². The standard InChI is InChI=1S/C9H10O2.C8H8O3/c1-7-3-4-8(6-10)5-9(7)11-2;1-11-8-4-6(5-9)2-3-7(8)10/h3-6H,1-2H3;2-5,10H,1H3. The molecule has 2 aromatic carbocycles. The van der Waals surface area contributed by atoms with Crippen molar-refractivity contribution < 1.29 is 24.2 Å². The fourth-order valence-electron chi connectivity index (χ4n) is 1.68. The number of phenolic OH excluding ortho intramolecular Hbond substituents is 1. The van der Waals surface area contributed by atoms with Crippen LogP contribution < -0.4 is 9.47 Å². The molecule has 0 aliphatic rings. The summed E-state index contributed by atoms with van der Waals surface area (Å²) in [7, 11) is 3.03. The summed E-state index contributed by atoms with van der Waals surface area (Å²) in [5.41, 5.74) is 2.17. The van der Waals surface area contributed by atoms with E-state index in [0.717, 1.165) is 17.6 Å². The first kappa shape index (κ1) is 17.2. The van der Waals surface area contributed by atoms with Crippen molar-refractivity contribution in [1.82, 2.24) is 0 Å². The summed E-state index contributed by atoms with van der Waals surface area (Å²) < 4.78 is 9.81. The molecule has 0 aromatic heterocycles. The van der Waals surface area contributed by atoms with E-state index >= 15 is 0 Å². The highest BCUT2D eigenvalue weighted by Crippen LogP contribution is 2.25. The second-order valence-corrected chi connectivity index (χ2v) is 4.40. The lowest BCUT2D eigenvalue weighted by Gasteiger charge is -2.03. The average molecular weight is 302 g/mol. The maximum atomic E-state index is 10.3. The zero-order valence-corrected chi connectivity index (χ0v) is 12.7. The Hall–Kier alpha value is -2.82. The molecular weight excluding hydrogens is 284 g/mol. The van der Waals surface area contributed by atoms with Gasteiger partial charge in [0.2, 0.25) is 0 Å². The van der Waals surface area contributed by atoms with Gasteiger partial charge in [-0.05, 0) is 36.8 Å². The molecule has 2 aromatic rings. The van der Waals surface area contributed by atoms with Crippen LogP contribution in [0.2, 0.25) is 0 Å². The lowest BCUT2D eigenvalue weighted by Crippen LogP contribution is -1.88. The minimum atomic E-state index is 0.0399. The Kier molecular flexibility index (Phi) is 6.63. The monoisotopic (exact) mass is 302 g/mol. The third kappa shape index (κ3) is 4.63. The van der Waals surface area contributed by atoms with E-state index in [1.165, 1.54) is 25.3 Å². The first-order valence-electron chi connectivity index (χ1n) is 6.47. The smallest absolute Gasteiger partial charge is 0.161 e. The van der Waals surface area contributed by atoms with E-state index in [1.54, 1.807) is 19.2 Å². The number of benzene rings is 2. The first-order chi connectivity index (χ1) is 10.5. The van der Waals surface area contributed by atoms with Crippen LogP contribution in [0.15, 0.2) is 36.4 Å². The van der Waals surface area contributed by atoms with Crippen LogP contribution in [0, 0.1) is 6.92 Å². The predicted octanol–water partition coefficient (Wildman–Crippen LogP) is 3.03. The van der Waals surface area contributed by atoms with Crippen molar-refractivity contribution in [2.45, 2.75) is 6.92 Å². The van der Waals surface area contributed by atoms with Gasteiger partial charge in [0.15, 0.2) is 11.5 Å². The molecule has 0 saturated carbocycles. The van der Waals surface area contributed by atoms with Gasteiger partial charge in [0.25, 0.3) is 0 Å². The van der Waals surface area contributed by atoms with Crippen molar-refractivity contribution >= 4 is 12.6 Å². The Labute approximate surface area is 129 Å². The largest absolute Gasteiger partial charge is 0.504 e. The van der Waals surface area contributed by atoms with E-state index < -0.39 is 0 Å². The van der Waals surface area contributed by atoms with Gasteiger partial charge in [-0.1, -0.05) is 12.1 Å². The van der Waals surface area contributed by atoms with Crippen molar-refractivity contribution in [2.75, 3.05) is 14.2 Å². The highest BCUT2D eigenvalue weighted by atomic mass is 16.5. The lowest BCUT2D eigenvalue weighted by molar-refractivity contribution is 0.111. The fraction of sp³-hybridized carbons (Fsp3) is 0.176. The predicted molar refractivity (Wildman–Crippen MR) is 83.2 cm³/mol. The molecule has 22 heavy (non-hydrogen) atoms. The van der Waals surface area contributed by atoms with Crippen LogP contribution in [0.1, 0.15) is 26.3 Å². The lowest BCUT2D eigenvalue weighted by atomic mass is 10.1. The fourth-order valence-corrected chi connectivity index (χ4v) is 1.68. The quantitative estimate of drug-likeness (QED) is 0.879. The molecule has 0 aliphatic carbocycles. The number of carbonyl (C=O) groups excluding carboxylic acids is 2. The molecule has 0 aliphatic heterocycles. The van der Waals surface area contributed by atoms with Crippen molar-refractivity contribution in [2.24, 2.45) is 0 Å². The summed E-state index contributed by atoms with van der Waals surface area (Å²) in [4.78, 5) is 20.6. The second kappa shape index (κ2) is 8.46. The molecule has 0 radical (unpaired) electrons. The van der Waals surface area contributed by atoms with Gasteiger partial charge in [0, 0.05) is 11.1 Å². The summed E-state index contributed by atoms with van der Waals surface area (Å²) in [6.45, 7) is 1.94. The number of rotatable bonds is 4. The zero-order valence-electron chi connectivity index (χ0n) is 12.7. The van der Waals surface area contributed by atoms with Crippen LogP contribution in [-0.2, 0) is 0 Å². The summed E-state index contributed by atoms with van der Waals surface area (Å²) in [6, 6.07) is 9.77. The zero-order chi connectivity index (χ0) is 16.5. The van der Waals surface area contributed by atoms with Crippen molar-refractivity contribution in [3.63, 3.8) is 0 Å². The molecule has 5 heteroatoms. The van der Waals surface area contributed by atoms with Crippen molar-refractivity contribution in [3.8, 4) is 17.2 Å². The van der Waals surface area contributed by atoms with Crippen LogP contribution in [0.3, 0.4) is 0 Å². The van der Waals surface area contributed by atoms with E-state index in [9.17, 15) is 9.59 Å². The van der Waals surface area contributed by atoms with Crippen LogP contribution >= 0.6 is 0 Å². The number of ether oxygens (including phenoxy) is 2. The van der Waals surface area contributed by atoms with Gasteiger partial charge in [0.05, 0.1) is 14.2 Å². The molecule has 5 nitrogen and oxygen atoms in total. The van der Waals surface area contributed by atoms with E-state index in [-0.39, 0.29) is 5.75 Å². The molecule has 0 heterocycles. The van der Waals surface area contributed by atoms with Crippen LogP contribution in [-0.4, -0.2) is 31.9 Å². The molecule has 0 spiro atoms. The second-order valence-electron chi connectivity index (χ2n) is 4.40. The van der Waals surface area contributed by atoms with Gasteiger partial charge < -0.3 is 14.6 Å². The molecule has 0 atom stereocenters. The third-order valence-electron chi connectivity index (χ3n) is 2.91. The van der Waals surface area contributed by atoms with E-state index in [2.05, 4.69) is 0 Å². The number of hydrogen-bond donors (Lipinski definition) is 1. The van der Waals surface area contributed by atoms with E-state index in [0.29, 0.717) is 23.2 Å². The normalized spacial score (nSPS) is 9.23. The Balaban J connectivity index is 0.000000220. The number of aryl methyl sites for hydroxylation is 1. The molecule has 2 rings (SSSR count). The molecule has 1 N–H and O–H groups in total. The van der Waals surface area contributed by atoms with Gasteiger partial charge in [-0.3, -0.25) is 9.59 Å². The molecule has 0 amide bonds. The summed E-state index contributed by atoms with van der Waals surface area (Å²) in [5, 5.41) is 9.09. The highest BCUT2D eigenvalue weighted by Gasteiger charge is 2.00. The minimum Gasteiger partial charge on any atom is -0.504 e. The Bertz CT molecular complexity index is 592. The Morgan fingerprint density at radius 2 is 1.36 bits per heavy atom. The maximum absolute atomic E-state index is 10.3. The molecule has 0 bridgehead atoms. The average Bonchev–Trinajstić information content (AvgIpc) is 2.56. The number of aromatic hydroxyl groups is 1. The Morgan fingerprint density at radius 1 is 0.864 bits per heavy atom. The third-order valence-corrected chi connectivity index (χ3v) is 2.91. The summed E-state index contributed by atoms with van der Waals surface area (Å²) in [5.74, 6) is 1.11. The highest BCUT2D eigenvalue weighted by molar-refractivity contribution is 5.76. The van der Waals surface area contributed by atoms with Crippen LogP contribution in [0.25, 0.3) is 0 Å².